The van der Waals surface area contributed by atoms with E-state index in [-0.39, 0.29) is 12.2 Å². The number of benzene rings is 2. The summed E-state index contributed by atoms with van der Waals surface area (Å²) in [5.74, 6) is -0.338. The Bertz CT molecular complexity index is 912. The Kier molecular flexibility index (Phi) is 6.94. The number of pyridine rings is 1. The molecule has 0 radical (unpaired) electrons. The van der Waals surface area contributed by atoms with Crippen LogP contribution in [0.1, 0.15) is 25.0 Å². The minimum Gasteiger partial charge on any atom is -0.372 e. The second-order valence-corrected chi connectivity index (χ2v) is 5.93. The van der Waals surface area contributed by atoms with Gasteiger partial charge < -0.3 is 5.73 Å². The highest BCUT2D eigenvalue weighted by Gasteiger charge is 2.27. The number of nitrogens with zero attached hydrogens (tertiary/aromatic N) is 2. The van der Waals surface area contributed by atoms with E-state index in [1.165, 1.54) is 12.3 Å². The van der Waals surface area contributed by atoms with Gasteiger partial charge in [0.05, 0.1) is 6.20 Å². The van der Waals surface area contributed by atoms with Gasteiger partial charge in [-0.05, 0) is 48.9 Å². The second-order valence-electron chi connectivity index (χ2n) is 5.93. The molecule has 1 unspecified atom stereocenters. The van der Waals surface area contributed by atoms with Crippen molar-refractivity contribution >= 4 is 12.6 Å². The van der Waals surface area contributed by atoms with Gasteiger partial charge in [-0.1, -0.05) is 48.5 Å². The van der Waals surface area contributed by atoms with Gasteiger partial charge in [0, 0.05) is 11.8 Å². The minimum absolute atomic E-state index is 0.250. The van der Waals surface area contributed by atoms with Crippen molar-refractivity contribution in [1.29, 1.82) is 0 Å². The molecule has 4 nitrogen and oxygen atoms in total. The SMILES string of the molecule is CC=NC(C)(c1ccccc1)c1cccc(-c2cncc(F)c2)c1.NC=O. The average molecular weight is 363 g/mol. The minimum atomic E-state index is -0.493. The van der Waals surface area contributed by atoms with Crippen LogP contribution in [0.5, 0.6) is 0 Å². The lowest BCUT2D eigenvalue weighted by Crippen LogP contribution is -2.21. The average Bonchev–Trinajstić information content (AvgIpc) is 2.69. The molecule has 2 N–H and O–H groups in total. The maximum absolute atomic E-state index is 13.5. The van der Waals surface area contributed by atoms with Crippen molar-refractivity contribution in [3.05, 3.63) is 90.0 Å². The number of rotatable bonds is 4. The topological polar surface area (TPSA) is 68.3 Å². The van der Waals surface area contributed by atoms with E-state index >= 15 is 0 Å². The second kappa shape index (κ2) is 9.38. The van der Waals surface area contributed by atoms with Crippen LogP contribution in [0, 0.1) is 5.82 Å². The van der Waals surface area contributed by atoms with Crippen LogP contribution >= 0.6 is 0 Å². The fraction of sp³-hybridized carbons (Fsp3) is 0.136. The van der Waals surface area contributed by atoms with Crippen molar-refractivity contribution in [2.24, 2.45) is 10.7 Å². The third-order valence-electron chi connectivity index (χ3n) is 4.19. The Hall–Kier alpha value is -3.34. The predicted molar refractivity (Wildman–Crippen MR) is 107 cm³/mol. The molecule has 1 aromatic heterocycles. The first-order valence-electron chi connectivity index (χ1n) is 8.47. The van der Waals surface area contributed by atoms with Crippen molar-refractivity contribution in [3.63, 3.8) is 0 Å². The number of halogens is 1. The van der Waals surface area contributed by atoms with Gasteiger partial charge in [-0.3, -0.25) is 14.8 Å². The summed E-state index contributed by atoms with van der Waals surface area (Å²) >= 11 is 0. The summed E-state index contributed by atoms with van der Waals surface area (Å²) < 4.78 is 13.5. The Morgan fingerprint density at radius 2 is 1.67 bits per heavy atom. The molecule has 2 aromatic carbocycles. The van der Waals surface area contributed by atoms with E-state index in [1.54, 1.807) is 6.20 Å². The van der Waals surface area contributed by atoms with Crippen LogP contribution in [-0.2, 0) is 10.3 Å². The lowest BCUT2D eigenvalue weighted by atomic mass is 9.84. The van der Waals surface area contributed by atoms with Crippen molar-refractivity contribution < 1.29 is 9.18 Å². The number of nitrogens with two attached hydrogens (primary N) is 1. The summed E-state index contributed by atoms with van der Waals surface area (Å²) in [6, 6.07) is 19.7. The highest BCUT2D eigenvalue weighted by atomic mass is 19.1. The zero-order chi connectivity index (χ0) is 19.7. The molecule has 0 aliphatic rings. The standard InChI is InChI=1S/C21H19FN2.CH3NO/c1-3-24-21(2,18-9-5-4-6-10-18)19-11-7-8-16(12-19)17-13-20(22)15-23-14-17;2-1-3/h3-15H,1-2H3;1H,(H2,2,3). The number of amides is 1. The summed E-state index contributed by atoms with van der Waals surface area (Å²) in [6.45, 7) is 4.01. The molecule has 3 aromatic rings. The number of aromatic nitrogens is 1. The molecule has 0 aliphatic carbocycles. The molecule has 5 heteroatoms. The number of carbonyl (C=O) groups is 1. The molecule has 0 saturated carbocycles. The number of carbonyl (C=O) groups excluding carboxylic acids is 1. The first-order chi connectivity index (χ1) is 13.0. The van der Waals surface area contributed by atoms with E-state index in [9.17, 15) is 4.39 Å². The lowest BCUT2D eigenvalue weighted by molar-refractivity contribution is -0.106. The van der Waals surface area contributed by atoms with Gasteiger partial charge in [0.1, 0.15) is 11.4 Å². The van der Waals surface area contributed by atoms with E-state index in [2.05, 4.69) is 41.9 Å². The molecule has 1 atom stereocenters. The van der Waals surface area contributed by atoms with Crippen LogP contribution in [0.2, 0.25) is 0 Å². The van der Waals surface area contributed by atoms with Crippen LogP contribution in [0.4, 0.5) is 4.39 Å². The highest BCUT2D eigenvalue weighted by Crippen LogP contribution is 2.35. The molecule has 138 valence electrons. The number of primary amides is 1. The van der Waals surface area contributed by atoms with Gasteiger partial charge in [0.15, 0.2) is 0 Å². The number of aliphatic imine (C=N–C) groups is 1. The molecule has 0 spiro atoms. The Balaban J connectivity index is 0.000000817. The van der Waals surface area contributed by atoms with E-state index in [0.29, 0.717) is 0 Å². The van der Waals surface area contributed by atoms with Crippen LogP contribution < -0.4 is 5.73 Å². The fourth-order valence-corrected chi connectivity index (χ4v) is 2.91. The molecule has 0 aliphatic heterocycles. The highest BCUT2D eigenvalue weighted by molar-refractivity contribution is 5.65. The summed E-state index contributed by atoms with van der Waals surface area (Å²) in [6.07, 6.45) is 4.96. The molecular formula is C22H22FN3O. The molecule has 1 amide bonds. The fourth-order valence-electron chi connectivity index (χ4n) is 2.91. The summed E-state index contributed by atoms with van der Waals surface area (Å²) in [4.78, 5) is 17.3. The lowest BCUT2D eigenvalue weighted by Gasteiger charge is -2.27. The normalized spacial score (nSPS) is 12.7. The van der Waals surface area contributed by atoms with Crippen molar-refractivity contribution in [1.82, 2.24) is 4.98 Å². The smallest absolute Gasteiger partial charge is 0.204 e. The predicted octanol–water partition coefficient (Wildman–Crippen LogP) is 4.34. The van der Waals surface area contributed by atoms with E-state index in [4.69, 9.17) is 9.79 Å². The molecule has 3 rings (SSSR count). The quantitative estimate of drug-likeness (QED) is 0.553. The molecule has 0 saturated heterocycles. The molecular weight excluding hydrogens is 341 g/mol. The molecule has 0 bridgehead atoms. The van der Waals surface area contributed by atoms with Gasteiger partial charge in [-0.2, -0.15) is 0 Å². The van der Waals surface area contributed by atoms with Crippen LogP contribution in [0.3, 0.4) is 0 Å². The van der Waals surface area contributed by atoms with E-state index in [1.807, 2.05) is 43.5 Å². The number of hydrogen-bond donors (Lipinski definition) is 1. The molecule has 1 heterocycles. The first kappa shape index (κ1) is 20.0. The van der Waals surface area contributed by atoms with Gasteiger partial charge in [0.2, 0.25) is 6.41 Å². The maximum Gasteiger partial charge on any atom is 0.204 e. The monoisotopic (exact) mass is 363 g/mol. The van der Waals surface area contributed by atoms with Crippen LogP contribution in [-0.4, -0.2) is 17.6 Å². The van der Waals surface area contributed by atoms with Gasteiger partial charge in [-0.15, -0.1) is 0 Å². The molecule has 27 heavy (non-hydrogen) atoms. The largest absolute Gasteiger partial charge is 0.372 e. The van der Waals surface area contributed by atoms with E-state index < -0.39 is 5.54 Å². The van der Waals surface area contributed by atoms with E-state index in [0.717, 1.165) is 22.3 Å². The third kappa shape index (κ3) is 4.85. The van der Waals surface area contributed by atoms with Crippen molar-refractivity contribution in [3.8, 4) is 11.1 Å². The Morgan fingerprint density at radius 3 is 2.30 bits per heavy atom. The maximum atomic E-state index is 13.5. The zero-order valence-corrected chi connectivity index (χ0v) is 15.3. The van der Waals surface area contributed by atoms with Crippen molar-refractivity contribution in [2.45, 2.75) is 19.4 Å². The van der Waals surface area contributed by atoms with Gasteiger partial charge in [-0.25, -0.2) is 4.39 Å². The van der Waals surface area contributed by atoms with Crippen LogP contribution in [0.15, 0.2) is 78.0 Å². The molecule has 0 fully saturated rings. The van der Waals surface area contributed by atoms with Gasteiger partial charge in [0.25, 0.3) is 0 Å². The van der Waals surface area contributed by atoms with Crippen LogP contribution in [0.25, 0.3) is 11.1 Å². The van der Waals surface area contributed by atoms with Gasteiger partial charge >= 0.3 is 0 Å². The summed E-state index contributed by atoms with van der Waals surface area (Å²) in [5.41, 5.74) is 7.51. The number of hydrogen-bond acceptors (Lipinski definition) is 3. The van der Waals surface area contributed by atoms with Crippen molar-refractivity contribution in [2.75, 3.05) is 0 Å². The zero-order valence-electron chi connectivity index (χ0n) is 15.3. The Morgan fingerprint density at radius 1 is 1.00 bits per heavy atom. The first-order valence-corrected chi connectivity index (χ1v) is 8.47. The Labute approximate surface area is 158 Å². The third-order valence-corrected chi connectivity index (χ3v) is 4.19. The summed E-state index contributed by atoms with van der Waals surface area (Å²) in [7, 11) is 0. The summed E-state index contributed by atoms with van der Waals surface area (Å²) in [5, 5.41) is 0.